The highest BCUT2D eigenvalue weighted by molar-refractivity contribution is 6.01. The van der Waals surface area contributed by atoms with Gasteiger partial charge in [0.1, 0.15) is 11.6 Å². The Bertz CT molecular complexity index is 1040. The predicted molar refractivity (Wildman–Crippen MR) is 101 cm³/mol. The summed E-state index contributed by atoms with van der Waals surface area (Å²) in [5, 5.41) is 17.4. The molecule has 0 unspecified atom stereocenters. The Kier molecular flexibility index (Phi) is 4.14. The number of allylic oxidation sites excluding steroid dienone is 2. The van der Waals surface area contributed by atoms with Crippen LogP contribution in [0.2, 0.25) is 0 Å². The van der Waals surface area contributed by atoms with Crippen molar-refractivity contribution in [1.29, 1.82) is 0 Å². The van der Waals surface area contributed by atoms with Crippen LogP contribution in [0.3, 0.4) is 0 Å². The fourth-order valence-electron chi connectivity index (χ4n) is 4.05. The average molecular weight is 383 g/mol. The summed E-state index contributed by atoms with van der Waals surface area (Å²) in [6, 6.07) is 6.83. The van der Waals surface area contributed by atoms with Gasteiger partial charge in [0, 0.05) is 23.6 Å². The highest BCUT2D eigenvalue weighted by Crippen LogP contribution is 2.47. The molecule has 2 aromatic rings. The summed E-state index contributed by atoms with van der Waals surface area (Å²) in [7, 11) is 0. The molecule has 0 amide bonds. The molecule has 1 aliphatic carbocycles. The zero-order valence-electron chi connectivity index (χ0n) is 15.6. The van der Waals surface area contributed by atoms with Crippen molar-refractivity contribution in [1.82, 2.24) is 10.2 Å². The largest absolute Gasteiger partial charge is 0.482 e. The number of nitrogens with one attached hydrogen (secondary N) is 3. The number of H-pyrrole nitrogens is 2. The predicted octanol–water partition coefficient (Wildman–Crippen LogP) is 2.37. The molecule has 1 aliphatic heterocycles. The molecule has 28 heavy (non-hydrogen) atoms. The average Bonchev–Trinajstić information content (AvgIpc) is 2.98. The SMILES string of the molecule is CC1(C)CC(=O)C2=C(C1)Nc1[nH][nH]c(=O)c1[C@@H]2c1ccc(OCC(=O)O)cc1. The Morgan fingerprint density at radius 2 is 1.89 bits per heavy atom. The number of carboxylic acid groups (broad SMARTS) is 1. The number of carboxylic acids is 1. The van der Waals surface area contributed by atoms with Gasteiger partial charge in [-0.1, -0.05) is 26.0 Å². The Morgan fingerprint density at radius 3 is 2.57 bits per heavy atom. The third-order valence-electron chi connectivity index (χ3n) is 5.16. The number of benzene rings is 1. The number of ether oxygens (including phenoxy) is 1. The quantitative estimate of drug-likeness (QED) is 0.642. The van der Waals surface area contributed by atoms with E-state index in [0.29, 0.717) is 35.5 Å². The molecular formula is C20H21N3O5. The number of carbonyl (C=O) groups excluding carboxylic acids is 1. The van der Waals surface area contributed by atoms with Gasteiger partial charge in [-0.15, -0.1) is 0 Å². The molecular weight excluding hydrogens is 362 g/mol. The second kappa shape index (κ2) is 6.40. The van der Waals surface area contributed by atoms with Gasteiger partial charge in [-0.3, -0.25) is 19.8 Å². The minimum Gasteiger partial charge on any atom is -0.482 e. The van der Waals surface area contributed by atoms with E-state index >= 15 is 0 Å². The summed E-state index contributed by atoms with van der Waals surface area (Å²) < 4.78 is 5.18. The van der Waals surface area contributed by atoms with Gasteiger partial charge in [-0.2, -0.15) is 0 Å². The van der Waals surface area contributed by atoms with E-state index in [2.05, 4.69) is 29.4 Å². The molecule has 2 heterocycles. The van der Waals surface area contributed by atoms with E-state index in [1.165, 1.54) is 0 Å². The first-order chi connectivity index (χ1) is 13.2. The molecule has 0 fully saturated rings. The van der Waals surface area contributed by atoms with Crippen LogP contribution >= 0.6 is 0 Å². The lowest BCUT2D eigenvalue weighted by Crippen LogP contribution is -2.34. The van der Waals surface area contributed by atoms with Crippen molar-refractivity contribution in [3.05, 3.63) is 57.0 Å². The lowest BCUT2D eigenvalue weighted by Gasteiger charge is -2.37. The van der Waals surface area contributed by atoms with Crippen molar-refractivity contribution in [3.63, 3.8) is 0 Å². The number of hydrogen-bond donors (Lipinski definition) is 4. The van der Waals surface area contributed by atoms with Crippen molar-refractivity contribution in [2.24, 2.45) is 5.41 Å². The third kappa shape index (κ3) is 3.11. The molecule has 146 valence electrons. The van der Waals surface area contributed by atoms with Crippen molar-refractivity contribution in [2.75, 3.05) is 11.9 Å². The third-order valence-corrected chi connectivity index (χ3v) is 5.16. The maximum Gasteiger partial charge on any atom is 0.341 e. The minimum atomic E-state index is -1.06. The van der Waals surface area contributed by atoms with Crippen molar-refractivity contribution in [3.8, 4) is 5.75 Å². The molecule has 4 N–H and O–H groups in total. The van der Waals surface area contributed by atoms with Crippen LogP contribution in [0.5, 0.6) is 5.75 Å². The smallest absolute Gasteiger partial charge is 0.341 e. The van der Waals surface area contributed by atoms with Gasteiger partial charge < -0.3 is 15.2 Å². The zero-order chi connectivity index (χ0) is 20.1. The Balaban J connectivity index is 1.78. The van der Waals surface area contributed by atoms with Crippen LogP contribution in [0, 0.1) is 5.41 Å². The minimum absolute atomic E-state index is 0.0289. The molecule has 0 saturated heterocycles. The number of anilines is 1. The molecule has 0 bridgehead atoms. The molecule has 8 nitrogen and oxygen atoms in total. The van der Waals surface area contributed by atoms with Crippen LogP contribution in [0.1, 0.15) is 43.7 Å². The maximum absolute atomic E-state index is 13.0. The molecule has 8 heteroatoms. The van der Waals surface area contributed by atoms with E-state index in [1.54, 1.807) is 24.3 Å². The number of fused-ring (bicyclic) bond motifs is 1. The summed E-state index contributed by atoms with van der Waals surface area (Å²) in [6.45, 7) is 3.67. The van der Waals surface area contributed by atoms with E-state index in [-0.39, 0.29) is 16.8 Å². The number of aliphatic carboxylic acids is 1. The lowest BCUT2D eigenvalue weighted by molar-refractivity contribution is -0.139. The first-order valence-corrected chi connectivity index (χ1v) is 9.03. The molecule has 1 aromatic heterocycles. The van der Waals surface area contributed by atoms with Crippen LogP contribution in [0.15, 0.2) is 40.3 Å². The van der Waals surface area contributed by atoms with E-state index in [0.717, 1.165) is 11.3 Å². The molecule has 0 saturated carbocycles. The molecule has 0 radical (unpaired) electrons. The van der Waals surface area contributed by atoms with Gasteiger partial charge in [0.05, 0.1) is 5.56 Å². The molecule has 4 rings (SSSR count). The Morgan fingerprint density at radius 1 is 1.18 bits per heavy atom. The van der Waals surface area contributed by atoms with Crippen LogP contribution in [0.25, 0.3) is 0 Å². The number of aromatic amines is 2. The van der Waals surface area contributed by atoms with E-state index < -0.39 is 18.5 Å². The second-order valence-corrected chi connectivity index (χ2v) is 8.01. The van der Waals surface area contributed by atoms with Gasteiger partial charge in [0.15, 0.2) is 12.4 Å². The van der Waals surface area contributed by atoms with Gasteiger partial charge in [0.25, 0.3) is 5.56 Å². The number of aromatic nitrogens is 2. The topological polar surface area (TPSA) is 124 Å². The Hall–Kier alpha value is -3.29. The fourth-order valence-corrected chi connectivity index (χ4v) is 4.05. The molecule has 2 aliphatic rings. The fraction of sp³-hybridized carbons (Fsp3) is 0.350. The number of hydrogen-bond acceptors (Lipinski definition) is 5. The van der Waals surface area contributed by atoms with Crippen LogP contribution in [-0.4, -0.2) is 33.7 Å². The van der Waals surface area contributed by atoms with Gasteiger partial charge >= 0.3 is 5.97 Å². The number of ketones is 1. The van der Waals surface area contributed by atoms with Crippen molar-refractivity contribution < 1.29 is 19.4 Å². The Labute approximate surface area is 160 Å². The molecule has 0 spiro atoms. The molecule has 1 atom stereocenters. The normalized spacial score (nSPS) is 20.2. The standard InChI is InChI=1S/C20H21N3O5/c1-20(2)7-12-16(13(24)8-20)15(17-18(21-12)22-23-19(17)27)10-3-5-11(6-4-10)28-9-14(25)26/h3-6,15H,7-9H2,1-2H3,(H,25,26)(H3,21,22,23,27)/t15-/m1/s1. The lowest BCUT2D eigenvalue weighted by atomic mass is 9.69. The number of carbonyl (C=O) groups is 2. The second-order valence-electron chi connectivity index (χ2n) is 8.01. The first kappa shape index (κ1) is 18.1. The summed E-state index contributed by atoms with van der Waals surface area (Å²) in [4.78, 5) is 36.1. The summed E-state index contributed by atoms with van der Waals surface area (Å²) >= 11 is 0. The van der Waals surface area contributed by atoms with Crippen LogP contribution < -0.4 is 15.6 Å². The first-order valence-electron chi connectivity index (χ1n) is 9.03. The summed E-state index contributed by atoms with van der Waals surface area (Å²) in [5.74, 6) is -0.533. The van der Waals surface area contributed by atoms with Crippen LogP contribution in [-0.2, 0) is 9.59 Å². The van der Waals surface area contributed by atoms with Gasteiger partial charge in [-0.05, 0) is 29.5 Å². The number of Topliss-reactive ketones (excluding diaryl/α,β-unsaturated/α-hetero) is 1. The monoisotopic (exact) mass is 383 g/mol. The van der Waals surface area contributed by atoms with Crippen molar-refractivity contribution >= 4 is 17.6 Å². The molecule has 1 aromatic carbocycles. The summed E-state index contributed by atoms with van der Waals surface area (Å²) in [6.07, 6.45) is 1.12. The highest BCUT2D eigenvalue weighted by Gasteiger charge is 2.42. The highest BCUT2D eigenvalue weighted by atomic mass is 16.5. The van der Waals surface area contributed by atoms with Gasteiger partial charge in [0.2, 0.25) is 0 Å². The van der Waals surface area contributed by atoms with E-state index in [9.17, 15) is 14.4 Å². The zero-order valence-corrected chi connectivity index (χ0v) is 15.6. The van der Waals surface area contributed by atoms with E-state index in [4.69, 9.17) is 9.84 Å². The van der Waals surface area contributed by atoms with E-state index in [1.807, 2.05) is 0 Å². The van der Waals surface area contributed by atoms with Crippen molar-refractivity contribution in [2.45, 2.75) is 32.6 Å². The van der Waals surface area contributed by atoms with Crippen LogP contribution in [0.4, 0.5) is 5.82 Å². The summed E-state index contributed by atoms with van der Waals surface area (Å²) in [5.41, 5.74) is 2.28. The maximum atomic E-state index is 13.0. The number of rotatable bonds is 4. The van der Waals surface area contributed by atoms with Gasteiger partial charge in [-0.25, -0.2) is 4.79 Å².